The van der Waals surface area contributed by atoms with Crippen LogP contribution in [0, 0.1) is 0 Å². The van der Waals surface area contributed by atoms with Gasteiger partial charge in [-0.05, 0) is 78.0 Å². The van der Waals surface area contributed by atoms with Crippen LogP contribution in [-0.2, 0) is 6.54 Å². The number of nitrogens with zero attached hydrogens (tertiary/aromatic N) is 3. The maximum absolute atomic E-state index is 6.67. The van der Waals surface area contributed by atoms with E-state index in [9.17, 15) is 0 Å². The van der Waals surface area contributed by atoms with Gasteiger partial charge in [-0.2, -0.15) is 0 Å². The van der Waals surface area contributed by atoms with Gasteiger partial charge < -0.3 is 5.73 Å². The summed E-state index contributed by atoms with van der Waals surface area (Å²) in [6.45, 7) is 0.490. The molecule has 52 heavy (non-hydrogen) atoms. The van der Waals surface area contributed by atoms with Gasteiger partial charge in [0.1, 0.15) is 5.84 Å². The number of nitrogens with two attached hydrogens (primary N) is 1. The molecule has 0 saturated carbocycles. The average Bonchev–Trinajstić information content (AvgIpc) is 3.22. The third-order valence-corrected chi connectivity index (χ3v) is 9.82. The lowest BCUT2D eigenvalue weighted by molar-refractivity contribution is 1.06. The number of aromatic nitrogens is 1. The zero-order valence-corrected chi connectivity index (χ0v) is 28.4. The molecule has 0 aliphatic carbocycles. The van der Waals surface area contributed by atoms with Crippen LogP contribution in [0.15, 0.2) is 192 Å². The van der Waals surface area contributed by atoms with Crippen molar-refractivity contribution in [1.29, 1.82) is 0 Å². The molecule has 0 spiro atoms. The number of pyridine rings is 1. The summed E-state index contributed by atoms with van der Waals surface area (Å²) >= 11 is 0. The lowest BCUT2D eigenvalue weighted by Gasteiger charge is -2.16. The Kier molecular flexibility index (Phi) is 8.03. The van der Waals surface area contributed by atoms with Gasteiger partial charge in [0.15, 0.2) is 5.84 Å². The summed E-state index contributed by atoms with van der Waals surface area (Å²) < 4.78 is 0. The standard InChI is InChI=1S/C48H34N4/c49-47(35-25-23-34(24-26-35)45-20-10-11-29-50-45)52-48(51-31-32-12-2-1-3-13-32)36-27-21-33(22-28-36)43-30-44-39-16-5-4-14-37(39)38-15-6-8-18-41(38)46(44)42-19-9-7-17-40(42)43/h1-30H,31H2,(H2,49,51,52). The van der Waals surface area contributed by atoms with Crippen molar-refractivity contribution in [2.24, 2.45) is 15.7 Å². The molecule has 0 atom stereocenters. The first-order chi connectivity index (χ1) is 25.7. The molecule has 9 rings (SSSR count). The molecule has 8 aromatic carbocycles. The van der Waals surface area contributed by atoms with E-state index in [0.717, 1.165) is 33.5 Å². The first kappa shape index (κ1) is 31.1. The van der Waals surface area contributed by atoms with Crippen molar-refractivity contribution in [3.63, 3.8) is 0 Å². The smallest absolute Gasteiger partial charge is 0.157 e. The van der Waals surface area contributed by atoms with E-state index in [-0.39, 0.29) is 0 Å². The maximum atomic E-state index is 6.67. The quantitative estimate of drug-likeness (QED) is 0.109. The first-order valence-electron chi connectivity index (χ1n) is 17.5. The number of hydrogen-bond acceptors (Lipinski definition) is 2. The Balaban J connectivity index is 1.14. The lowest BCUT2D eigenvalue weighted by Crippen LogP contribution is -2.16. The van der Waals surface area contributed by atoms with E-state index in [1.54, 1.807) is 6.20 Å². The van der Waals surface area contributed by atoms with Gasteiger partial charge in [0.25, 0.3) is 0 Å². The van der Waals surface area contributed by atoms with Crippen LogP contribution >= 0.6 is 0 Å². The zero-order valence-electron chi connectivity index (χ0n) is 28.4. The van der Waals surface area contributed by atoms with Crippen LogP contribution in [0.4, 0.5) is 0 Å². The van der Waals surface area contributed by atoms with Gasteiger partial charge in [0.05, 0.1) is 12.2 Å². The van der Waals surface area contributed by atoms with E-state index in [0.29, 0.717) is 18.2 Å². The van der Waals surface area contributed by atoms with Crippen LogP contribution in [0.3, 0.4) is 0 Å². The van der Waals surface area contributed by atoms with Gasteiger partial charge >= 0.3 is 0 Å². The van der Waals surface area contributed by atoms with Crippen LogP contribution in [-0.4, -0.2) is 16.7 Å². The molecule has 1 aromatic heterocycles. The highest BCUT2D eigenvalue weighted by Gasteiger charge is 2.15. The Hall–Kier alpha value is -6.91. The highest BCUT2D eigenvalue weighted by molar-refractivity contribution is 6.33. The minimum Gasteiger partial charge on any atom is -0.383 e. The fraction of sp³-hybridized carbons (Fsp3) is 0.0208. The molecule has 9 aromatic rings. The van der Waals surface area contributed by atoms with Crippen molar-refractivity contribution in [3.05, 3.63) is 199 Å². The van der Waals surface area contributed by atoms with Crippen LogP contribution in [0.1, 0.15) is 16.7 Å². The van der Waals surface area contributed by atoms with Crippen LogP contribution in [0.5, 0.6) is 0 Å². The Morgan fingerprint density at radius 3 is 1.69 bits per heavy atom. The predicted octanol–water partition coefficient (Wildman–Crippen LogP) is 11.4. The highest BCUT2D eigenvalue weighted by atomic mass is 15.0. The molecule has 0 fully saturated rings. The van der Waals surface area contributed by atoms with Gasteiger partial charge in [-0.25, -0.2) is 4.99 Å². The Morgan fingerprint density at radius 2 is 1.02 bits per heavy atom. The number of amidine groups is 2. The van der Waals surface area contributed by atoms with Crippen molar-refractivity contribution in [1.82, 2.24) is 4.98 Å². The molecule has 2 N–H and O–H groups in total. The normalized spacial score (nSPS) is 12.2. The molecule has 1 heterocycles. The molecular weight excluding hydrogens is 633 g/mol. The van der Waals surface area contributed by atoms with Crippen LogP contribution in [0.2, 0.25) is 0 Å². The highest BCUT2D eigenvalue weighted by Crippen LogP contribution is 2.42. The van der Waals surface area contributed by atoms with Gasteiger partial charge in [0.2, 0.25) is 0 Å². The van der Waals surface area contributed by atoms with Gasteiger partial charge in [0, 0.05) is 22.9 Å². The fourth-order valence-corrected chi connectivity index (χ4v) is 7.27. The van der Waals surface area contributed by atoms with E-state index in [1.165, 1.54) is 48.7 Å². The number of aliphatic imine (C=N–C) groups is 2. The second-order valence-electron chi connectivity index (χ2n) is 13.0. The Labute approximate surface area is 302 Å². The molecular formula is C48H34N4. The monoisotopic (exact) mass is 666 g/mol. The lowest BCUT2D eigenvalue weighted by atomic mass is 9.87. The first-order valence-corrected chi connectivity index (χ1v) is 17.5. The largest absolute Gasteiger partial charge is 0.383 e. The summed E-state index contributed by atoms with van der Waals surface area (Å²) in [6, 6.07) is 61.3. The molecule has 4 nitrogen and oxygen atoms in total. The SMILES string of the molecule is NC(=NC(=NCc1ccccc1)c1ccc(-c2cc3c4ccccc4c4ccccc4c3c3ccccc23)cc1)c1ccc(-c2ccccn2)cc1. The fourth-order valence-electron chi connectivity index (χ4n) is 7.27. The minimum absolute atomic E-state index is 0.406. The Bertz CT molecular complexity index is 2790. The topological polar surface area (TPSA) is 63.6 Å². The molecule has 0 bridgehead atoms. The van der Waals surface area contributed by atoms with E-state index in [1.807, 2.05) is 60.7 Å². The molecule has 0 saturated heterocycles. The molecule has 0 aliphatic heterocycles. The summed E-state index contributed by atoms with van der Waals surface area (Å²) in [5.74, 6) is 0.991. The molecule has 246 valence electrons. The minimum atomic E-state index is 0.406. The third kappa shape index (κ3) is 5.76. The van der Waals surface area contributed by atoms with Gasteiger partial charge in [-0.1, -0.05) is 158 Å². The van der Waals surface area contributed by atoms with Crippen LogP contribution in [0.25, 0.3) is 65.5 Å². The van der Waals surface area contributed by atoms with Crippen LogP contribution < -0.4 is 5.73 Å². The summed E-state index contributed by atoms with van der Waals surface area (Å²) in [7, 11) is 0. The van der Waals surface area contributed by atoms with E-state index < -0.39 is 0 Å². The number of benzene rings is 8. The van der Waals surface area contributed by atoms with E-state index >= 15 is 0 Å². The van der Waals surface area contributed by atoms with Crippen molar-refractivity contribution in [2.45, 2.75) is 6.54 Å². The number of hydrogen-bond donors (Lipinski definition) is 1. The summed E-state index contributed by atoms with van der Waals surface area (Å²) in [6.07, 6.45) is 1.80. The van der Waals surface area contributed by atoms with Crippen molar-refractivity contribution >= 4 is 54.8 Å². The molecule has 4 heteroatoms. The Morgan fingerprint density at radius 1 is 0.481 bits per heavy atom. The average molecular weight is 667 g/mol. The van der Waals surface area contributed by atoms with Crippen molar-refractivity contribution in [2.75, 3.05) is 0 Å². The molecule has 0 amide bonds. The summed E-state index contributed by atoms with van der Waals surface area (Å²) in [5.41, 5.74) is 13.7. The molecule has 0 unspecified atom stereocenters. The number of fused-ring (bicyclic) bond motifs is 8. The van der Waals surface area contributed by atoms with Gasteiger partial charge in [-0.3, -0.25) is 9.98 Å². The third-order valence-electron chi connectivity index (χ3n) is 9.82. The zero-order chi connectivity index (χ0) is 34.9. The summed E-state index contributed by atoms with van der Waals surface area (Å²) in [4.78, 5) is 14.4. The molecule has 0 aliphatic rings. The van der Waals surface area contributed by atoms with Gasteiger partial charge in [-0.15, -0.1) is 0 Å². The predicted molar refractivity (Wildman–Crippen MR) is 219 cm³/mol. The number of rotatable bonds is 6. The molecule has 0 radical (unpaired) electrons. The second-order valence-corrected chi connectivity index (χ2v) is 13.0. The second kappa shape index (κ2) is 13.4. The van der Waals surface area contributed by atoms with E-state index in [2.05, 4.69) is 120 Å². The van der Waals surface area contributed by atoms with Crippen molar-refractivity contribution < 1.29 is 0 Å². The van der Waals surface area contributed by atoms with E-state index in [4.69, 9.17) is 15.7 Å². The summed E-state index contributed by atoms with van der Waals surface area (Å²) in [5, 5.41) is 10.1. The van der Waals surface area contributed by atoms with Crippen molar-refractivity contribution in [3.8, 4) is 22.4 Å². The maximum Gasteiger partial charge on any atom is 0.157 e.